The maximum Gasteiger partial charge on any atom is 0.246 e. The standard InChI is InChI=1S/C22H40N2O3/c1-2-3-4-5-6-7-8-9-10-11-12-13-14-15-16-17-21(25)23-19-20-18-22(26)24-27-20/h9-10,20H,2-8,11-19H2,1H3,(H,23,25)(H,24,26). The number of carbonyl (C=O) groups is 2. The fourth-order valence-corrected chi connectivity index (χ4v) is 3.23. The van der Waals surface area contributed by atoms with Gasteiger partial charge in [0.25, 0.3) is 0 Å². The zero-order chi connectivity index (χ0) is 19.6. The van der Waals surface area contributed by atoms with Gasteiger partial charge in [0, 0.05) is 13.0 Å². The Morgan fingerprint density at radius 2 is 1.59 bits per heavy atom. The van der Waals surface area contributed by atoms with Gasteiger partial charge in [0.05, 0.1) is 6.42 Å². The molecule has 1 heterocycles. The van der Waals surface area contributed by atoms with E-state index in [9.17, 15) is 9.59 Å². The second kappa shape index (κ2) is 16.8. The summed E-state index contributed by atoms with van der Waals surface area (Å²) < 4.78 is 0. The van der Waals surface area contributed by atoms with Crippen molar-refractivity contribution in [2.24, 2.45) is 0 Å². The number of hydrogen-bond acceptors (Lipinski definition) is 3. The van der Waals surface area contributed by atoms with Gasteiger partial charge in [-0.05, 0) is 32.1 Å². The summed E-state index contributed by atoms with van der Waals surface area (Å²) in [5, 5.41) is 2.83. The summed E-state index contributed by atoms with van der Waals surface area (Å²) in [6, 6.07) is 0. The number of rotatable bonds is 17. The van der Waals surface area contributed by atoms with Gasteiger partial charge in [0.15, 0.2) is 0 Å². The van der Waals surface area contributed by atoms with Crippen LogP contribution in [0.1, 0.15) is 103 Å². The molecule has 0 saturated carbocycles. The highest BCUT2D eigenvalue weighted by atomic mass is 16.7. The van der Waals surface area contributed by atoms with Gasteiger partial charge in [0.2, 0.25) is 11.8 Å². The van der Waals surface area contributed by atoms with Crippen molar-refractivity contribution in [2.75, 3.05) is 6.54 Å². The molecule has 0 radical (unpaired) electrons. The molecule has 0 bridgehead atoms. The van der Waals surface area contributed by atoms with Crippen molar-refractivity contribution in [3.8, 4) is 0 Å². The van der Waals surface area contributed by atoms with Crippen LogP contribution in [-0.2, 0) is 14.4 Å². The zero-order valence-electron chi connectivity index (χ0n) is 17.3. The van der Waals surface area contributed by atoms with Crippen LogP contribution in [-0.4, -0.2) is 24.5 Å². The molecule has 1 aliphatic heterocycles. The van der Waals surface area contributed by atoms with E-state index in [1.165, 1.54) is 70.6 Å². The van der Waals surface area contributed by atoms with E-state index in [-0.39, 0.29) is 17.9 Å². The van der Waals surface area contributed by atoms with Gasteiger partial charge >= 0.3 is 0 Å². The van der Waals surface area contributed by atoms with Crippen molar-refractivity contribution in [3.63, 3.8) is 0 Å². The molecule has 0 spiro atoms. The molecular formula is C22H40N2O3. The summed E-state index contributed by atoms with van der Waals surface area (Å²) >= 11 is 0. The van der Waals surface area contributed by atoms with E-state index < -0.39 is 0 Å². The number of amides is 2. The SMILES string of the molecule is CCCCCCCCC=CCCCCCCCC(=O)NCC1CC(=O)NO1. The van der Waals surface area contributed by atoms with Crippen LogP contribution in [0.3, 0.4) is 0 Å². The summed E-state index contributed by atoms with van der Waals surface area (Å²) in [6.07, 6.45) is 21.7. The van der Waals surface area contributed by atoms with Gasteiger partial charge in [-0.3, -0.25) is 14.4 Å². The lowest BCUT2D eigenvalue weighted by Crippen LogP contribution is -2.32. The summed E-state index contributed by atoms with van der Waals surface area (Å²) in [5.74, 6) is -0.0675. The molecule has 5 heteroatoms. The Morgan fingerprint density at radius 3 is 2.19 bits per heavy atom. The molecule has 1 unspecified atom stereocenters. The molecule has 1 saturated heterocycles. The Balaban J connectivity index is 1.78. The highest BCUT2D eigenvalue weighted by Crippen LogP contribution is 2.10. The van der Waals surface area contributed by atoms with Gasteiger partial charge in [0.1, 0.15) is 6.10 Å². The number of hydroxylamine groups is 1. The Kier molecular flexibility index (Phi) is 14.7. The predicted molar refractivity (Wildman–Crippen MR) is 110 cm³/mol. The Morgan fingerprint density at radius 1 is 1.00 bits per heavy atom. The van der Waals surface area contributed by atoms with Crippen LogP contribution in [0, 0.1) is 0 Å². The first-order valence-corrected chi connectivity index (χ1v) is 11.1. The lowest BCUT2D eigenvalue weighted by atomic mass is 10.1. The first-order valence-electron chi connectivity index (χ1n) is 11.1. The van der Waals surface area contributed by atoms with Gasteiger partial charge in [-0.25, -0.2) is 5.48 Å². The second-order valence-electron chi connectivity index (χ2n) is 7.61. The van der Waals surface area contributed by atoms with E-state index in [1.54, 1.807) is 0 Å². The molecule has 0 aromatic heterocycles. The topological polar surface area (TPSA) is 67.4 Å². The van der Waals surface area contributed by atoms with E-state index in [1.807, 2.05) is 0 Å². The fourth-order valence-electron chi connectivity index (χ4n) is 3.23. The van der Waals surface area contributed by atoms with Crippen molar-refractivity contribution >= 4 is 11.8 Å². The minimum Gasteiger partial charge on any atom is -0.353 e. The monoisotopic (exact) mass is 380 g/mol. The van der Waals surface area contributed by atoms with E-state index in [2.05, 4.69) is 29.9 Å². The minimum absolute atomic E-state index is 0.0515. The van der Waals surface area contributed by atoms with Gasteiger partial charge < -0.3 is 5.32 Å². The summed E-state index contributed by atoms with van der Waals surface area (Å²) in [6.45, 7) is 2.67. The Labute approximate surface area is 165 Å². The third kappa shape index (κ3) is 14.4. The number of hydrogen-bond donors (Lipinski definition) is 2. The van der Waals surface area contributed by atoms with Crippen LogP contribution in [0.5, 0.6) is 0 Å². The van der Waals surface area contributed by atoms with Crippen LogP contribution < -0.4 is 10.8 Å². The largest absolute Gasteiger partial charge is 0.353 e. The molecule has 2 amide bonds. The van der Waals surface area contributed by atoms with Crippen LogP contribution in [0.2, 0.25) is 0 Å². The molecule has 1 aliphatic rings. The molecule has 27 heavy (non-hydrogen) atoms. The zero-order valence-corrected chi connectivity index (χ0v) is 17.3. The Hall–Kier alpha value is -1.36. The number of carbonyl (C=O) groups excluding carboxylic acids is 2. The molecule has 0 aromatic carbocycles. The van der Waals surface area contributed by atoms with Crippen molar-refractivity contribution in [3.05, 3.63) is 12.2 Å². The first-order chi connectivity index (χ1) is 13.2. The highest BCUT2D eigenvalue weighted by Gasteiger charge is 2.22. The third-order valence-corrected chi connectivity index (χ3v) is 4.95. The summed E-state index contributed by atoms with van der Waals surface area (Å²) in [7, 11) is 0. The molecule has 5 nitrogen and oxygen atoms in total. The number of nitrogens with one attached hydrogen (secondary N) is 2. The van der Waals surface area contributed by atoms with Crippen LogP contribution in [0.25, 0.3) is 0 Å². The Bertz CT molecular complexity index is 424. The van der Waals surface area contributed by atoms with Crippen LogP contribution in [0.15, 0.2) is 12.2 Å². The van der Waals surface area contributed by atoms with Crippen molar-refractivity contribution in [1.29, 1.82) is 0 Å². The molecule has 1 rings (SSSR count). The molecule has 0 aliphatic carbocycles. The van der Waals surface area contributed by atoms with Gasteiger partial charge in [-0.15, -0.1) is 0 Å². The lowest BCUT2D eigenvalue weighted by Gasteiger charge is -2.08. The molecular weight excluding hydrogens is 340 g/mol. The second-order valence-corrected chi connectivity index (χ2v) is 7.61. The van der Waals surface area contributed by atoms with E-state index in [0.717, 1.165) is 12.8 Å². The predicted octanol–water partition coefficient (Wildman–Crippen LogP) is 4.96. The van der Waals surface area contributed by atoms with E-state index in [0.29, 0.717) is 19.4 Å². The highest BCUT2D eigenvalue weighted by molar-refractivity contribution is 5.78. The maximum atomic E-state index is 11.7. The fraction of sp³-hybridized carbons (Fsp3) is 0.818. The van der Waals surface area contributed by atoms with E-state index >= 15 is 0 Å². The molecule has 1 fully saturated rings. The van der Waals surface area contributed by atoms with Crippen LogP contribution >= 0.6 is 0 Å². The molecule has 1 atom stereocenters. The third-order valence-electron chi connectivity index (χ3n) is 4.95. The lowest BCUT2D eigenvalue weighted by molar-refractivity contribution is -0.124. The van der Waals surface area contributed by atoms with Gasteiger partial charge in [-0.2, -0.15) is 0 Å². The first kappa shape index (κ1) is 23.7. The summed E-state index contributed by atoms with van der Waals surface area (Å²) in [5.41, 5.74) is 2.30. The number of allylic oxidation sites excluding steroid dienone is 2. The molecule has 2 N–H and O–H groups in total. The van der Waals surface area contributed by atoms with Crippen molar-refractivity contribution in [2.45, 2.75) is 109 Å². The number of unbranched alkanes of at least 4 members (excludes halogenated alkanes) is 11. The summed E-state index contributed by atoms with van der Waals surface area (Å²) in [4.78, 5) is 27.7. The maximum absolute atomic E-state index is 11.7. The molecule has 0 aromatic rings. The normalized spacial score (nSPS) is 16.8. The quantitative estimate of drug-likeness (QED) is 0.277. The average Bonchev–Trinajstić information content (AvgIpc) is 3.08. The van der Waals surface area contributed by atoms with Gasteiger partial charge in [-0.1, -0.05) is 70.4 Å². The minimum atomic E-state index is -0.226. The molecule has 156 valence electrons. The van der Waals surface area contributed by atoms with Crippen LogP contribution in [0.4, 0.5) is 0 Å². The smallest absolute Gasteiger partial charge is 0.246 e. The van der Waals surface area contributed by atoms with E-state index in [4.69, 9.17) is 4.84 Å². The van der Waals surface area contributed by atoms with Crippen molar-refractivity contribution in [1.82, 2.24) is 10.8 Å². The van der Waals surface area contributed by atoms with Crippen molar-refractivity contribution < 1.29 is 14.4 Å². The average molecular weight is 381 g/mol.